The lowest BCUT2D eigenvalue weighted by molar-refractivity contribution is -0.706. The average molecular weight is 373 g/mol. The lowest BCUT2D eigenvalue weighted by Gasteiger charge is -2.17. The van der Waals surface area contributed by atoms with Crippen molar-refractivity contribution in [3.05, 3.63) is 45.9 Å². The molecule has 1 aromatic carbocycles. The number of amides is 1. The Kier molecular flexibility index (Phi) is 7.21. The summed E-state index contributed by atoms with van der Waals surface area (Å²) in [5, 5.41) is 8.40. The molecule has 1 amide bonds. The Morgan fingerprint density at radius 2 is 1.85 bits per heavy atom. The maximum Gasteiger partial charge on any atom is 0.231 e. The van der Waals surface area contributed by atoms with Gasteiger partial charge in [-0.05, 0) is 44.7 Å². The average Bonchev–Trinajstić information content (AvgIpc) is 3.03. The van der Waals surface area contributed by atoms with Crippen molar-refractivity contribution in [3.63, 3.8) is 0 Å². The van der Waals surface area contributed by atoms with E-state index in [9.17, 15) is 4.79 Å². The van der Waals surface area contributed by atoms with E-state index in [1.807, 2.05) is 31.2 Å². The third-order valence-corrected chi connectivity index (χ3v) is 5.95. The van der Waals surface area contributed by atoms with Crippen LogP contribution in [0.3, 0.4) is 0 Å². The number of benzene rings is 1. The third kappa shape index (κ3) is 6.22. The van der Waals surface area contributed by atoms with Gasteiger partial charge in [-0.1, -0.05) is 37.0 Å². The molecule has 0 atom stereocenters. The predicted molar refractivity (Wildman–Crippen MR) is 107 cm³/mol. The third-order valence-electron chi connectivity index (χ3n) is 5.06. The molecule has 1 fully saturated rings. The SMILES string of the molecule is Cc1ccc(NC(=O)Cc2nc(C[NH2+]C3CCCCCCC3)cs2)cc1. The molecule has 0 spiro atoms. The minimum Gasteiger partial charge on any atom is -0.339 e. The minimum atomic E-state index is -0.00116. The van der Waals surface area contributed by atoms with Crippen LogP contribution < -0.4 is 10.6 Å². The van der Waals surface area contributed by atoms with Crippen molar-refractivity contribution in [2.45, 2.75) is 70.9 Å². The first-order chi connectivity index (χ1) is 12.7. The molecular weight excluding hydrogens is 342 g/mol. The van der Waals surface area contributed by atoms with Crippen LogP contribution in [0.2, 0.25) is 0 Å². The molecule has 1 aromatic heterocycles. The molecule has 5 heteroatoms. The Hall–Kier alpha value is -1.72. The zero-order valence-electron chi connectivity index (χ0n) is 15.7. The molecule has 0 unspecified atom stereocenters. The molecule has 1 aliphatic carbocycles. The van der Waals surface area contributed by atoms with Crippen LogP contribution in [0, 0.1) is 6.92 Å². The summed E-state index contributed by atoms with van der Waals surface area (Å²) in [6.45, 7) is 2.97. The smallest absolute Gasteiger partial charge is 0.231 e. The first kappa shape index (κ1) is 19.1. The van der Waals surface area contributed by atoms with E-state index in [1.165, 1.54) is 50.5 Å². The maximum atomic E-state index is 12.2. The number of thiazole rings is 1. The summed E-state index contributed by atoms with van der Waals surface area (Å²) in [5.41, 5.74) is 3.14. The Balaban J connectivity index is 1.44. The van der Waals surface area contributed by atoms with E-state index in [2.05, 4.69) is 21.0 Å². The highest BCUT2D eigenvalue weighted by atomic mass is 32.1. The fraction of sp³-hybridized carbons (Fsp3) is 0.524. The Morgan fingerprint density at radius 3 is 2.58 bits per heavy atom. The molecule has 1 heterocycles. The zero-order chi connectivity index (χ0) is 18.2. The number of quaternary nitrogens is 1. The Bertz CT molecular complexity index is 688. The van der Waals surface area contributed by atoms with E-state index in [0.29, 0.717) is 6.42 Å². The molecular formula is C21H30N3OS+. The number of anilines is 1. The number of carbonyl (C=O) groups excluding carboxylic acids is 1. The molecule has 0 bridgehead atoms. The summed E-state index contributed by atoms with van der Waals surface area (Å²) in [6.07, 6.45) is 9.93. The van der Waals surface area contributed by atoms with Gasteiger partial charge in [0, 0.05) is 11.1 Å². The number of hydrogen-bond donors (Lipinski definition) is 2. The molecule has 26 heavy (non-hydrogen) atoms. The standard InChI is InChI=1S/C21H29N3OS/c1-16-9-11-18(12-10-16)23-20(25)13-21-24-19(15-26-21)14-22-17-7-5-3-2-4-6-8-17/h9-12,15,17,22H,2-8,13-14H2,1H3,(H,23,25)/p+1. The van der Waals surface area contributed by atoms with E-state index in [0.717, 1.165) is 29.0 Å². The first-order valence-electron chi connectivity index (χ1n) is 9.82. The highest BCUT2D eigenvalue weighted by Crippen LogP contribution is 2.16. The molecule has 140 valence electrons. The second-order valence-electron chi connectivity index (χ2n) is 7.37. The molecule has 0 radical (unpaired) electrons. The number of nitrogens with one attached hydrogen (secondary N) is 1. The van der Waals surface area contributed by atoms with Crippen molar-refractivity contribution in [1.29, 1.82) is 0 Å². The summed E-state index contributed by atoms with van der Waals surface area (Å²) in [5.74, 6) is -0.00116. The number of aromatic nitrogens is 1. The predicted octanol–water partition coefficient (Wildman–Crippen LogP) is 3.81. The molecule has 0 saturated heterocycles. The quantitative estimate of drug-likeness (QED) is 0.810. The normalized spacial score (nSPS) is 16.0. The van der Waals surface area contributed by atoms with E-state index in [4.69, 9.17) is 0 Å². The summed E-state index contributed by atoms with van der Waals surface area (Å²) in [7, 11) is 0. The van der Waals surface area contributed by atoms with Crippen LogP contribution in [0.5, 0.6) is 0 Å². The van der Waals surface area contributed by atoms with Crippen molar-refractivity contribution in [2.24, 2.45) is 0 Å². The zero-order valence-corrected chi connectivity index (χ0v) is 16.5. The van der Waals surface area contributed by atoms with Gasteiger partial charge in [-0.25, -0.2) is 4.98 Å². The largest absolute Gasteiger partial charge is 0.339 e. The number of rotatable bonds is 6. The minimum absolute atomic E-state index is 0.00116. The number of hydrogen-bond acceptors (Lipinski definition) is 3. The highest BCUT2D eigenvalue weighted by molar-refractivity contribution is 7.09. The molecule has 0 aliphatic heterocycles. The van der Waals surface area contributed by atoms with Crippen LogP contribution >= 0.6 is 11.3 Å². The van der Waals surface area contributed by atoms with E-state index < -0.39 is 0 Å². The van der Waals surface area contributed by atoms with Crippen LogP contribution in [0.25, 0.3) is 0 Å². The van der Waals surface area contributed by atoms with Crippen LogP contribution in [0.15, 0.2) is 29.6 Å². The molecule has 1 saturated carbocycles. The van der Waals surface area contributed by atoms with Gasteiger partial charge in [0.15, 0.2) is 0 Å². The second kappa shape index (κ2) is 9.83. The maximum absolute atomic E-state index is 12.2. The lowest BCUT2D eigenvalue weighted by atomic mass is 9.97. The van der Waals surface area contributed by atoms with Gasteiger partial charge in [-0.2, -0.15) is 0 Å². The summed E-state index contributed by atoms with van der Waals surface area (Å²) in [4.78, 5) is 16.9. The second-order valence-corrected chi connectivity index (χ2v) is 8.31. The highest BCUT2D eigenvalue weighted by Gasteiger charge is 2.15. The van der Waals surface area contributed by atoms with E-state index >= 15 is 0 Å². The van der Waals surface area contributed by atoms with Gasteiger partial charge >= 0.3 is 0 Å². The molecule has 1 aliphatic rings. The van der Waals surface area contributed by atoms with Gasteiger partial charge in [-0.3, -0.25) is 4.79 Å². The van der Waals surface area contributed by atoms with Crippen molar-refractivity contribution < 1.29 is 10.1 Å². The van der Waals surface area contributed by atoms with Gasteiger partial charge in [0.05, 0.1) is 12.5 Å². The number of aryl methyl sites for hydroxylation is 1. The van der Waals surface area contributed by atoms with Crippen LogP contribution in [-0.4, -0.2) is 16.9 Å². The first-order valence-corrected chi connectivity index (χ1v) is 10.7. The van der Waals surface area contributed by atoms with E-state index in [-0.39, 0.29) is 5.91 Å². The Labute approximate surface area is 160 Å². The van der Waals surface area contributed by atoms with Crippen molar-refractivity contribution in [2.75, 3.05) is 5.32 Å². The topological polar surface area (TPSA) is 58.6 Å². The number of nitrogens with two attached hydrogens (primary N) is 1. The lowest BCUT2D eigenvalue weighted by Crippen LogP contribution is -2.88. The van der Waals surface area contributed by atoms with Gasteiger partial charge < -0.3 is 10.6 Å². The fourth-order valence-electron chi connectivity index (χ4n) is 3.51. The van der Waals surface area contributed by atoms with Crippen LogP contribution in [0.1, 0.15) is 61.2 Å². The molecule has 2 aromatic rings. The summed E-state index contributed by atoms with van der Waals surface area (Å²) < 4.78 is 0. The number of carbonyl (C=O) groups is 1. The van der Waals surface area contributed by atoms with Gasteiger partial charge in [0.2, 0.25) is 5.91 Å². The summed E-state index contributed by atoms with van der Waals surface area (Å²) >= 11 is 1.59. The monoisotopic (exact) mass is 372 g/mol. The molecule has 4 nitrogen and oxygen atoms in total. The van der Waals surface area contributed by atoms with Crippen LogP contribution in [-0.2, 0) is 17.8 Å². The van der Waals surface area contributed by atoms with Gasteiger partial charge in [0.1, 0.15) is 17.2 Å². The van der Waals surface area contributed by atoms with Gasteiger partial charge in [0.25, 0.3) is 0 Å². The van der Waals surface area contributed by atoms with Crippen molar-refractivity contribution in [3.8, 4) is 0 Å². The Morgan fingerprint density at radius 1 is 1.15 bits per heavy atom. The van der Waals surface area contributed by atoms with Crippen LogP contribution in [0.4, 0.5) is 5.69 Å². The van der Waals surface area contributed by atoms with E-state index in [1.54, 1.807) is 11.3 Å². The van der Waals surface area contributed by atoms with Crippen molar-refractivity contribution in [1.82, 2.24) is 4.98 Å². The number of nitrogens with zero attached hydrogens (tertiary/aromatic N) is 1. The fourth-order valence-corrected chi connectivity index (χ4v) is 4.32. The van der Waals surface area contributed by atoms with Crippen molar-refractivity contribution >= 4 is 22.9 Å². The molecule has 3 N–H and O–H groups in total. The van der Waals surface area contributed by atoms with Gasteiger partial charge in [-0.15, -0.1) is 11.3 Å². The molecule has 3 rings (SSSR count). The summed E-state index contributed by atoms with van der Waals surface area (Å²) in [6, 6.07) is 8.62.